The highest BCUT2D eigenvalue weighted by atomic mass is 16.2. The third kappa shape index (κ3) is 1.93. The van der Waals surface area contributed by atoms with Crippen molar-refractivity contribution in [2.45, 2.75) is 32.4 Å². The van der Waals surface area contributed by atoms with Crippen LogP contribution >= 0.6 is 0 Å². The molecule has 1 amide bonds. The number of nitrogens with zero attached hydrogens (tertiary/aromatic N) is 1. The van der Waals surface area contributed by atoms with Gasteiger partial charge in [-0.2, -0.15) is 0 Å². The summed E-state index contributed by atoms with van der Waals surface area (Å²) in [4.78, 5) is 13.1. The van der Waals surface area contributed by atoms with Crippen LogP contribution < -0.4 is 5.32 Å². The quantitative estimate of drug-likeness (QED) is 0.620. The van der Waals surface area contributed by atoms with Gasteiger partial charge < -0.3 is 10.2 Å². The molecule has 1 saturated heterocycles. The van der Waals surface area contributed by atoms with Crippen molar-refractivity contribution in [1.82, 2.24) is 10.2 Å². The first-order valence-corrected chi connectivity index (χ1v) is 4.12. The largest absolute Gasteiger partial charge is 0.344 e. The smallest absolute Gasteiger partial charge is 0.239 e. The summed E-state index contributed by atoms with van der Waals surface area (Å²) >= 11 is 0. The third-order valence-electron chi connectivity index (χ3n) is 1.96. The fraction of sp³-hybridized carbons (Fsp3) is 0.875. The van der Waals surface area contributed by atoms with Gasteiger partial charge in [-0.15, -0.1) is 0 Å². The molecule has 0 spiro atoms. The fourth-order valence-corrected chi connectivity index (χ4v) is 1.38. The predicted molar refractivity (Wildman–Crippen MR) is 44.3 cm³/mol. The lowest BCUT2D eigenvalue weighted by molar-refractivity contribution is -0.128. The summed E-state index contributed by atoms with van der Waals surface area (Å²) < 4.78 is 0. The summed E-state index contributed by atoms with van der Waals surface area (Å²) in [5, 5.41) is 3.23. The molecule has 11 heavy (non-hydrogen) atoms. The normalized spacial score (nSPS) is 25.3. The van der Waals surface area contributed by atoms with Crippen LogP contribution in [0.4, 0.5) is 0 Å². The fourth-order valence-electron chi connectivity index (χ4n) is 1.38. The Bertz CT molecular complexity index is 156. The molecular weight excluding hydrogens is 140 g/mol. The number of likely N-dealkylation sites (N-methyl/N-ethyl adjacent to an activating group) is 1. The summed E-state index contributed by atoms with van der Waals surface area (Å²) in [6, 6.07) is 0.468. The summed E-state index contributed by atoms with van der Waals surface area (Å²) in [5.41, 5.74) is 0. The summed E-state index contributed by atoms with van der Waals surface area (Å²) in [7, 11) is 1.85. The summed E-state index contributed by atoms with van der Waals surface area (Å²) in [6.45, 7) is 5.01. The Kier molecular flexibility index (Phi) is 2.49. The molecule has 1 fully saturated rings. The number of amides is 1. The molecule has 3 heteroatoms. The molecule has 1 aliphatic heterocycles. The zero-order valence-corrected chi connectivity index (χ0v) is 7.42. The molecule has 0 aliphatic carbocycles. The van der Waals surface area contributed by atoms with E-state index < -0.39 is 0 Å². The first-order valence-electron chi connectivity index (χ1n) is 4.12. The number of carbonyl (C=O) groups excluding carboxylic acids is 1. The van der Waals surface area contributed by atoms with E-state index in [-0.39, 0.29) is 11.9 Å². The molecule has 3 nitrogen and oxygen atoms in total. The van der Waals surface area contributed by atoms with Crippen LogP contribution in [0.25, 0.3) is 0 Å². The van der Waals surface area contributed by atoms with E-state index in [1.54, 1.807) is 4.90 Å². The average Bonchev–Trinajstić information content (AvgIpc) is 2.18. The lowest BCUT2D eigenvalue weighted by Gasteiger charge is -2.14. The Morgan fingerprint density at radius 1 is 1.64 bits per heavy atom. The first kappa shape index (κ1) is 8.53. The van der Waals surface area contributed by atoms with Crippen molar-refractivity contribution in [2.24, 2.45) is 0 Å². The Balaban J connectivity index is 2.42. The number of rotatable bonds is 2. The molecule has 0 radical (unpaired) electrons. The molecule has 0 aromatic heterocycles. The molecule has 1 aliphatic rings. The standard InChI is InChI=1S/C8H16N2O/c1-6(2)9-7-4-5-10(3)8(7)11/h6-7,9H,4-5H2,1-3H3/t7-/m1/s1. The maximum Gasteiger partial charge on any atom is 0.239 e. The third-order valence-corrected chi connectivity index (χ3v) is 1.96. The van der Waals surface area contributed by atoms with Gasteiger partial charge in [-0.05, 0) is 6.42 Å². The van der Waals surface area contributed by atoms with Crippen molar-refractivity contribution in [3.63, 3.8) is 0 Å². The number of hydrogen-bond acceptors (Lipinski definition) is 2. The molecule has 1 N–H and O–H groups in total. The number of hydrogen-bond donors (Lipinski definition) is 1. The van der Waals surface area contributed by atoms with E-state index in [9.17, 15) is 4.79 Å². The molecule has 0 bridgehead atoms. The van der Waals surface area contributed by atoms with Crippen LogP contribution in [0.3, 0.4) is 0 Å². The van der Waals surface area contributed by atoms with Crippen molar-refractivity contribution in [1.29, 1.82) is 0 Å². The minimum absolute atomic E-state index is 0.0694. The van der Waals surface area contributed by atoms with E-state index in [0.29, 0.717) is 6.04 Å². The highest BCUT2D eigenvalue weighted by Gasteiger charge is 2.28. The van der Waals surface area contributed by atoms with Gasteiger partial charge in [0, 0.05) is 19.6 Å². The molecule has 0 unspecified atom stereocenters. The number of carbonyl (C=O) groups is 1. The zero-order valence-electron chi connectivity index (χ0n) is 7.42. The number of nitrogens with one attached hydrogen (secondary N) is 1. The average molecular weight is 156 g/mol. The molecular formula is C8H16N2O. The summed E-state index contributed by atoms with van der Waals surface area (Å²) in [5.74, 6) is 0.235. The zero-order chi connectivity index (χ0) is 8.43. The van der Waals surface area contributed by atoms with Gasteiger partial charge >= 0.3 is 0 Å². The minimum atomic E-state index is 0.0694. The Labute approximate surface area is 67.8 Å². The van der Waals surface area contributed by atoms with E-state index in [2.05, 4.69) is 19.2 Å². The van der Waals surface area contributed by atoms with E-state index in [4.69, 9.17) is 0 Å². The van der Waals surface area contributed by atoms with Crippen LogP contribution in [0.2, 0.25) is 0 Å². The molecule has 0 aromatic rings. The number of likely N-dealkylation sites (tertiary alicyclic amines) is 1. The first-order chi connectivity index (χ1) is 5.11. The second-order valence-corrected chi connectivity index (χ2v) is 3.42. The highest BCUT2D eigenvalue weighted by Crippen LogP contribution is 2.08. The van der Waals surface area contributed by atoms with Gasteiger partial charge in [0.25, 0.3) is 0 Å². The van der Waals surface area contributed by atoms with Crippen molar-refractivity contribution >= 4 is 5.91 Å². The van der Waals surface area contributed by atoms with Crippen molar-refractivity contribution < 1.29 is 4.79 Å². The Hall–Kier alpha value is -0.570. The van der Waals surface area contributed by atoms with Gasteiger partial charge in [0.1, 0.15) is 0 Å². The van der Waals surface area contributed by atoms with E-state index >= 15 is 0 Å². The van der Waals surface area contributed by atoms with Gasteiger partial charge in [0.15, 0.2) is 0 Å². The maximum atomic E-state index is 11.3. The van der Waals surface area contributed by atoms with E-state index in [0.717, 1.165) is 13.0 Å². The topological polar surface area (TPSA) is 32.3 Å². The van der Waals surface area contributed by atoms with Crippen LogP contribution in [-0.4, -0.2) is 36.5 Å². The molecule has 64 valence electrons. The van der Waals surface area contributed by atoms with Gasteiger partial charge in [0.05, 0.1) is 6.04 Å². The molecule has 1 rings (SSSR count). The lowest BCUT2D eigenvalue weighted by Crippen LogP contribution is -2.40. The predicted octanol–water partition coefficient (Wildman–Crippen LogP) is 0.215. The van der Waals surface area contributed by atoms with Gasteiger partial charge in [-0.3, -0.25) is 4.79 Å². The molecule has 0 aromatic carbocycles. The second kappa shape index (κ2) is 3.22. The molecule has 0 saturated carbocycles. The molecule has 1 heterocycles. The minimum Gasteiger partial charge on any atom is -0.344 e. The summed E-state index contributed by atoms with van der Waals surface area (Å²) in [6.07, 6.45) is 0.952. The van der Waals surface area contributed by atoms with Crippen LogP contribution in [-0.2, 0) is 4.79 Å². The second-order valence-electron chi connectivity index (χ2n) is 3.42. The lowest BCUT2D eigenvalue weighted by atomic mass is 10.2. The van der Waals surface area contributed by atoms with E-state index in [1.807, 2.05) is 7.05 Å². The Morgan fingerprint density at radius 3 is 2.64 bits per heavy atom. The van der Waals surface area contributed by atoms with Crippen molar-refractivity contribution in [2.75, 3.05) is 13.6 Å². The van der Waals surface area contributed by atoms with Crippen LogP contribution in [0.1, 0.15) is 20.3 Å². The van der Waals surface area contributed by atoms with E-state index in [1.165, 1.54) is 0 Å². The van der Waals surface area contributed by atoms with Crippen molar-refractivity contribution in [3.8, 4) is 0 Å². The van der Waals surface area contributed by atoms with Gasteiger partial charge in [-0.1, -0.05) is 13.8 Å². The van der Waals surface area contributed by atoms with Gasteiger partial charge in [0.2, 0.25) is 5.91 Å². The maximum absolute atomic E-state index is 11.3. The monoisotopic (exact) mass is 156 g/mol. The molecule has 1 atom stereocenters. The SMILES string of the molecule is CC(C)N[C@@H]1CCN(C)C1=O. The van der Waals surface area contributed by atoms with Crippen LogP contribution in [0.15, 0.2) is 0 Å². The van der Waals surface area contributed by atoms with Crippen molar-refractivity contribution in [3.05, 3.63) is 0 Å². The Morgan fingerprint density at radius 2 is 2.27 bits per heavy atom. The van der Waals surface area contributed by atoms with Crippen LogP contribution in [0.5, 0.6) is 0 Å². The van der Waals surface area contributed by atoms with Gasteiger partial charge in [-0.25, -0.2) is 0 Å². The highest BCUT2D eigenvalue weighted by molar-refractivity contribution is 5.83. The van der Waals surface area contributed by atoms with Crippen LogP contribution in [0, 0.1) is 0 Å².